The lowest BCUT2D eigenvalue weighted by molar-refractivity contribution is -0.139. The van der Waals surface area contributed by atoms with Gasteiger partial charge in [0.2, 0.25) is 11.0 Å². The molecule has 1 aliphatic carbocycles. The molecule has 3 rings (SSSR count). The van der Waals surface area contributed by atoms with Gasteiger partial charge in [-0.1, -0.05) is 42.4 Å². The van der Waals surface area contributed by atoms with Crippen LogP contribution < -0.4 is 10.6 Å². The summed E-state index contributed by atoms with van der Waals surface area (Å²) in [6.45, 7) is 1.65. The van der Waals surface area contributed by atoms with Crippen LogP contribution in [0.3, 0.4) is 0 Å². The molecule has 2 N–H and O–H groups in total. The fourth-order valence-corrected chi connectivity index (χ4v) is 4.82. The number of thioether (sulfide) groups is 1. The number of esters is 1. The number of imide groups is 1. The average molecular weight is 428 g/mol. The van der Waals surface area contributed by atoms with Crippen LogP contribution in [0.1, 0.15) is 39.0 Å². The van der Waals surface area contributed by atoms with Crippen LogP contribution in [-0.4, -0.2) is 63.4 Å². The van der Waals surface area contributed by atoms with Crippen molar-refractivity contribution in [1.82, 2.24) is 20.4 Å². The highest BCUT2D eigenvalue weighted by Crippen LogP contribution is 2.33. The van der Waals surface area contributed by atoms with Gasteiger partial charge in [0.15, 0.2) is 4.34 Å². The van der Waals surface area contributed by atoms with E-state index in [0.29, 0.717) is 23.8 Å². The maximum absolute atomic E-state index is 12.7. The number of nitrogens with zero attached hydrogens (tertiary/aromatic N) is 3. The van der Waals surface area contributed by atoms with Crippen molar-refractivity contribution in [2.75, 3.05) is 24.2 Å². The standard InChI is InChI=1S/C16H21N5O5S2/c1-2-26-11(23)9-27-15-20-19-13(28-15)17-10(22)8-21-12(24)16(18-14(21)25)6-4-3-5-7-16/h2-9H2,1H3,(H,18,25)(H,17,19,22). The number of nitrogens with one attached hydrogen (secondary N) is 2. The van der Waals surface area contributed by atoms with E-state index in [1.54, 1.807) is 6.92 Å². The quantitative estimate of drug-likeness (QED) is 0.289. The lowest BCUT2D eigenvalue weighted by Crippen LogP contribution is -2.48. The third kappa shape index (κ3) is 4.61. The normalized spacial score (nSPS) is 18.2. The van der Waals surface area contributed by atoms with E-state index >= 15 is 0 Å². The Morgan fingerprint density at radius 2 is 2.04 bits per heavy atom. The van der Waals surface area contributed by atoms with Crippen molar-refractivity contribution in [3.63, 3.8) is 0 Å². The minimum absolute atomic E-state index is 0.0982. The molecule has 0 atom stereocenters. The summed E-state index contributed by atoms with van der Waals surface area (Å²) in [4.78, 5) is 49.4. The van der Waals surface area contributed by atoms with Gasteiger partial charge in [0.25, 0.3) is 5.91 Å². The van der Waals surface area contributed by atoms with Gasteiger partial charge in [0.05, 0.1) is 12.4 Å². The van der Waals surface area contributed by atoms with Crippen LogP contribution in [0.4, 0.5) is 9.93 Å². The molecule has 2 fully saturated rings. The molecule has 0 radical (unpaired) electrons. The average Bonchev–Trinajstić information content (AvgIpc) is 3.19. The molecule has 2 aliphatic rings. The fourth-order valence-electron chi connectivity index (χ4n) is 3.26. The number of anilines is 1. The van der Waals surface area contributed by atoms with Gasteiger partial charge in [-0.25, -0.2) is 4.79 Å². The van der Waals surface area contributed by atoms with Crippen LogP contribution in [0, 0.1) is 0 Å². The molecular formula is C16H21N5O5S2. The van der Waals surface area contributed by atoms with Crippen LogP contribution in [0.5, 0.6) is 0 Å². The van der Waals surface area contributed by atoms with Crippen LogP contribution in [-0.2, 0) is 19.1 Å². The van der Waals surface area contributed by atoms with Crippen molar-refractivity contribution < 1.29 is 23.9 Å². The number of carbonyl (C=O) groups excluding carboxylic acids is 4. The van der Waals surface area contributed by atoms with Gasteiger partial charge in [-0.2, -0.15) is 0 Å². The second kappa shape index (κ2) is 8.86. The molecular weight excluding hydrogens is 406 g/mol. The summed E-state index contributed by atoms with van der Waals surface area (Å²) in [5, 5.41) is 13.3. The first-order valence-electron chi connectivity index (χ1n) is 8.99. The maximum Gasteiger partial charge on any atom is 0.325 e. The van der Waals surface area contributed by atoms with Crippen LogP contribution in [0.25, 0.3) is 0 Å². The molecule has 0 bridgehead atoms. The van der Waals surface area contributed by atoms with Crippen molar-refractivity contribution >= 4 is 52.0 Å². The van der Waals surface area contributed by atoms with E-state index in [0.717, 1.165) is 47.3 Å². The topological polar surface area (TPSA) is 131 Å². The number of hydrogen-bond donors (Lipinski definition) is 2. The van der Waals surface area contributed by atoms with Gasteiger partial charge in [0.1, 0.15) is 12.1 Å². The van der Waals surface area contributed by atoms with E-state index in [2.05, 4.69) is 20.8 Å². The van der Waals surface area contributed by atoms with E-state index < -0.39 is 17.5 Å². The highest BCUT2D eigenvalue weighted by atomic mass is 32.2. The number of hydrogen-bond acceptors (Lipinski definition) is 9. The first-order chi connectivity index (χ1) is 13.4. The maximum atomic E-state index is 12.7. The molecule has 2 heterocycles. The SMILES string of the molecule is CCOC(=O)CSc1nnc(NC(=O)CN2C(=O)NC3(CCCCC3)C2=O)s1. The van der Waals surface area contributed by atoms with Gasteiger partial charge in [-0.05, 0) is 19.8 Å². The first kappa shape index (κ1) is 20.5. The van der Waals surface area contributed by atoms with E-state index in [-0.39, 0.29) is 29.3 Å². The van der Waals surface area contributed by atoms with Crippen LogP contribution in [0.2, 0.25) is 0 Å². The Bertz CT molecular complexity index is 777. The van der Waals surface area contributed by atoms with E-state index in [1.807, 2.05) is 0 Å². The summed E-state index contributed by atoms with van der Waals surface area (Å²) in [6, 6.07) is -0.537. The number of aromatic nitrogens is 2. The van der Waals surface area contributed by atoms with Crippen molar-refractivity contribution in [3.8, 4) is 0 Å². The summed E-state index contributed by atoms with van der Waals surface area (Å²) >= 11 is 2.25. The minimum Gasteiger partial charge on any atom is -0.465 e. The molecule has 0 aromatic carbocycles. The third-order valence-electron chi connectivity index (χ3n) is 4.53. The number of urea groups is 1. The van der Waals surface area contributed by atoms with Gasteiger partial charge < -0.3 is 10.1 Å². The largest absolute Gasteiger partial charge is 0.465 e. The molecule has 1 spiro atoms. The minimum atomic E-state index is -0.852. The fraction of sp³-hybridized carbons (Fsp3) is 0.625. The highest BCUT2D eigenvalue weighted by molar-refractivity contribution is 8.01. The molecule has 1 aliphatic heterocycles. The zero-order valence-electron chi connectivity index (χ0n) is 15.4. The lowest BCUT2D eigenvalue weighted by Gasteiger charge is -2.30. The molecule has 28 heavy (non-hydrogen) atoms. The van der Waals surface area contributed by atoms with Gasteiger partial charge >= 0.3 is 12.0 Å². The Hall–Kier alpha value is -2.21. The molecule has 1 aromatic heterocycles. The lowest BCUT2D eigenvalue weighted by atomic mass is 9.82. The molecule has 12 heteroatoms. The Morgan fingerprint density at radius 3 is 2.75 bits per heavy atom. The smallest absolute Gasteiger partial charge is 0.325 e. The highest BCUT2D eigenvalue weighted by Gasteiger charge is 2.51. The summed E-state index contributed by atoms with van der Waals surface area (Å²) in [7, 11) is 0. The molecule has 0 unspecified atom stereocenters. The number of rotatable bonds is 7. The Kier molecular flexibility index (Phi) is 6.50. The van der Waals surface area contributed by atoms with E-state index in [4.69, 9.17) is 4.74 Å². The molecule has 152 valence electrons. The summed E-state index contributed by atoms with van der Waals surface area (Å²) in [5.41, 5.74) is -0.852. The predicted molar refractivity (Wildman–Crippen MR) is 102 cm³/mol. The van der Waals surface area contributed by atoms with Crippen molar-refractivity contribution in [3.05, 3.63) is 0 Å². The van der Waals surface area contributed by atoms with E-state index in [1.165, 1.54) is 0 Å². The summed E-state index contributed by atoms with van der Waals surface area (Å²) in [5.74, 6) is -1.13. The Balaban J connectivity index is 1.52. The zero-order valence-corrected chi connectivity index (χ0v) is 17.0. The summed E-state index contributed by atoms with van der Waals surface area (Å²) < 4.78 is 5.33. The Labute approximate surface area is 169 Å². The predicted octanol–water partition coefficient (Wildman–Crippen LogP) is 1.39. The second-order valence-electron chi connectivity index (χ2n) is 6.48. The van der Waals surface area contributed by atoms with Crippen molar-refractivity contribution in [2.45, 2.75) is 48.9 Å². The van der Waals surface area contributed by atoms with Gasteiger partial charge in [0, 0.05) is 0 Å². The molecule has 4 amide bonds. The second-order valence-corrected chi connectivity index (χ2v) is 8.68. The van der Waals surface area contributed by atoms with Gasteiger partial charge in [-0.15, -0.1) is 10.2 Å². The van der Waals surface area contributed by atoms with Gasteiger partial charge in [-0.3, -0.25) is 24.6 Å². The van der Waals surface area contributed by atoms with Crippen molar-refractivity contribution in [2.24, 2.45) is 0 Å². The first-order valence-corrected chi connectivity index (χ1v) is 10.8. The zero-order chi connectivity index (χ0) is 20.1. The Morgan fingerprint density at radius 1 is 1.29 bits per heavy atom. The number of carbonyl (C=O) groups is 4. The molecule has 1 saturated carbocycles. The number of amides is 4. The van der Waals surface area contributed by atoms with Crippen LogP contribution >= 0.6 is 23.1 Å². The van der Waals surface area contributed by atoms with Crippen LogP contribution in [0.15, 0.2) is 4.34 Å². The molecule has 1 saturated heterocycles. The number of ether oxygens (including phenoxy) is 1. The monoisotopic (exact) mass is 427 g/mol. The van der Waals surface area contributed by atoms with E-state index in [9.17, 15) is 19.2 Å². The summed E-state index contributed by atoms with van der Waals surface area (Å²) in [6.07, 6.45) is 4.01. The van der Waals surface area contributed by atoms with Crippen molar-refractivity contribution in [1.29, 1.82) is 0 Å². The molecule has 1 aromatic rings. The molecule has 10 nitrogen and oxygen atoms in total. The third-order valence-corrected chi connectivity index (χ3v) is 6.47.